The van der Waals surface area contributed by atoms with Crippen LogP contribution in [-0.4, -0.2) is 0 Å². The van der Waals surface area contributed by atoms with Gasteiger partial charge in [0.2, 0.25) is 0 Å². The quantitative estimate of drug-likeness (QED) is 0.612. The molecule has 0 radical (unpaired) electrons. The Morgan fingerprint density at radius 3 is 2.70 bits per heavy atom. The SMILES string of the molecule is [C-]#[N+]c1ccc2c(c1)CSc1ccccc1C2C(C)C. The van der Waals surface area contributed by atoms with Gasteiger partial charge >= 0.3 is 0 Å². The summed E-state index contributed by atoms with van der Waals surface area (Å²) in [5.74, 6) is 1.93. The lowest BCUT2D eigenvalue weighted by molar-refractivity contribution is 0.556. The summed E-state index contributed by atoms with van der Waals surface area (Å²) in [4.78, 5) is 4.95. The molecule has 0 saturated heterocycles. The van der Waals surface area contributed by atoms with Gasteiger partial charge in [0, 0.05) is 16.6 Å². The van der Waals surface area contributed by atoms with E-state index in [1.807, 2.05) is 17.8 Å². The minimum absolute atomic E-state index is 0.427. The van der Waals surface area contributed by atoms with Crippen LogP contribution >= 0.6 is 11.8 Å². The third-order valence-electron chi connectivity index (χ3n) is 3.89. The maximum absolute atomic E-state index is 7.20. The maximum atomic E-state index is 7.20. The minimum Gasteiger partial charge on any atom is -0.238 e. The predicted octanol–water partition coefficient (Wildman–Crippen LogP) is 5.63. The fraction of sp³-hybridized carbons (Fsp3) is 0.278. The second kappa shape index (κ2) is 5.34. The molecule has 3 rings (SSSR count). The van der Waals surface area contributed by atoms with Gasteiger partial charge in [0.05, 0.1) is 6.57 Å². The number of hydrogen-bond donors (Lipinski definition) is 0. The van der Waals surface area contributed by atoms with Gasteiger partial charge in [0.15, 0.2) is 5.69 Å². The van der Waals surface area contributed by atoms with Crippen LogP contribution in [0.1, 0.15) is 36.5 Å². The summed E-state index contributed by atoms with van der Waals surface area (Å²) in [6, 6.07) is 14.9. The molecule has 0 aliphatic carbocycles. The van der Waals surface area contributed by atoms with Crippen molar-refractivity contribution in [3.05, 3.63) is 70.6 Å². The van der Waals surface area contributed by atoms with E-state index in [0.717, 1.165) is 11.4 Å². The summed E-state index contributed by atoms with van der Waals surface area (Å²) >= 11 is 1.89. The van der Waals surface area contributed by atoms with Crippen LogP contribution in [0.25, 0.3) is 4.85 Å². The Morgan fingerprint density at radius 1 is 1.15 bits per heavy atom. The van der Waals surface area contributed by atoms with Crippen LogP contribution in [0.5, 0.6) is 0 Å². The van der Waals surface area contributed by atoms with Crippen molar-refractivity contribution in [2.75, 3.05) is 0 Å². The van der Waals surface area contributed by atoms with Crippen LogP contribution in [0, 0.1) is 12.5 Å². The van der Waals surface area contributed by atoms with Gasteiger partial charge in [-0.1, -0.05) is 50.2 Å². The highest BCUT2D eigenvalue weighted by Gasteiger charge is 2.26. The molecule has 1 heterocycles. The third-order valence-corrected chi connectivity index (χ3v) is 5.03. The van der Waals surface area contributed by atoms with E-state index in [1.165, 1.54) is 21.6 Å². The van der Waals surface area contributed by atoms with Gasteiger partial charge in [-0.15, -0.1) is 11.8 Å². The highest BCUT2D eigenvalue weighted by molar-refractivity contribution is 7.98. The standard InChI is InChI=1S/C18H17NS/c1-12(2)18-15-9-8-14(19-3)10-13(15)11-20-17-7-5-4-6-16(17)18/h4-10,12,18H,11H2,1-2H3. The summed E-state index contributed by atoms with van der Waals surface area (Å²) in [7, 11) is 0. The third kappa shape index (κ3) is 2.23. The monoisotopic (exact) mass is 279 g/mol. The number of nitrogens with zero attached hydrogens (tertiary/aromatic N) is 1. The van der Waals surface area contributed by atoms with Gasteiger partial charge in [0.1, 0.15) is 0 Å². The van der Waals surface area contributed by atoms with Crippen LogP contribution in [0.15, 0.2) is 47.4 Å². The molecule has 1 nitrogen and oxygen atoms in total. The van der Waals surface area contributed by atoms with Crippen molar-refractivity contribution in [1.29, 1.82) is 0 Å². The van der Waals surface area contributed by atoms with Crippen LogP contribution in [0.2, 0.25) is 0 Å². The fourth-order valence-corrected chi connectivity index (χ4v) is 4.10. The molecular weight excluding hydrogens is 262 g/mol. The molecule has 1 atom stereocenters. The molecule has 0 saturated carbocycles. The van der Waals surface area contributed by atoms with Gasteiger partial charge < -0.3 is 0 Å². The Bertz CT molecular complexity index is 682. The van der Waals surface area contributed by atoms with E-state index in [4.69, 9.17) is 6.57 Å². The molecule has 0 amide bonds. The highest BCUT2D eigenvalue weighted by Crippen LogP contribution is 2.44. The Labute approximate surface area is 124 Å². The molecule has 0 spiro atoms. The topological polar surface area (TPSA) is 4.36 Å². The van der Waals surface area contributed by atoms with Gasteiger partial charge in [0.25, 0.3) is 0 Å². The second-order valence-corrected chi connectivity index (χ2v) is 6.56. The lowest BCUT2D eigenvalue weighted by Crippen LogP contribution is -2.10. The Kier molecular flexibility index (Phi) is 3.54. The molecule has 20 heavy (non-hydrogen) atoms. The van der Waals surface area contributed by atoms with Crippen LogP contribution in [0.4, 0.5) is 5.69 Å². The highest BCUT2D eigenvalue weighted by atomic mass is 32.2. The molecular formula is C18H17NS. The van der Waals surface area contributed by atoms with E-state index in [0.29, 0.717) is 11.8 Å². The molecule has 2 aromatic carbocycles. The number of rotatable bonds is 1. The summed E-state index contributed by atoms with van der Waals surface area (Å²) in [5.41, 5.74) is 4.89. The molecule has 1 aliphatic rings. The van der Waals surface area contributed by atoms with E-state index in [1.54, 1.807) is 0 Å². The van der Waals surface area contributed by atoms with Crippen molar-refractivity contribution in [1.82, 2.24) is 0 Å². The van der Waals surface area contributed by atoms with Crippen LogP contribution in [-0.2, 0) is 5.75 Å². The first-order chi connectivity index (χ1) is 9.70. The fourth-order valence-electron chi connectivity index (χ4n) is 3.00. The molecule has 1 unspecified atom stereocenters. The summed E-state index contributed by atoms with van der Waals surface area (Å²) in [5, 5.41) is 0. The predicted molar refractivity (Wildman–Crippen MR) is 85.4 cm³/mol. The average Bonchev–Trinajstić information content (AvgIpc) is 2.63. The van der Waals surface area contributed by atoms with Gasteiger partial charge in [-0.2, -0.15) is 0 Å². The first-order valence-electron chi connectivity index (χ1n) is 6.92. The Morgan fingerprint density at radius 2 is 1.95 bits per heavy atom. The molecule has 0 fully saturated rings. The van der Waals surface area contributed by atoms with Crippen molar-refractivity contribution in [3.63, 3.8) is 0 Å². The van der Waals surface area contributed by atoms with E-state index in [9.17, 15) is 0 Å². The minimum atomic E-state index is 0.427. The number of benzene rings is 2. The zero-order valence-corrected chi connectivity index (χ0v) is 12.6. The summed E-state index contributed by atoms with van der Waals surface area (Å²) < 4.78 is 0. The number of hydrogen-bond acceptors (Lipinski definition) is 1. The van der Waals surface area contributed by atoms with Crippen molar-refractivity contribution >= 4 is 17.4 Å². The largest absolute Gasteiger partial charge is 0.238 e. The summed E-state index contributed by atoms with van der Waals surface area (Å²) in [6.45, 7) is 11.8. The zero-order chi connectivity index (χ0) is 14.1. The van der Waals surface area contributed by atoms with Crippen molar-refractivity contribution in [2.24, 2.45) is 5.92 Å². The maximum Gasteiger partial charge on any atom is 0.187 e. The molecule has 100 valence electrons. The summed E-state index contributed by atoms with van der Waals surface area (Å²) in [6.07, 6.45) is 0. The first kappa shape index (κ1) is 13.3. The molecule has 1 aliphatic heterocycles. The van der Waals surface area contributed by atoms with Crippen LogP contribution in [0.3, 0.4) is 0 Å². The lowest BCUT2D eigenvalue weighted by atomic mass is 9.81. The number of fused-ring (bicyclic) bond motifs is 2. The lowest BCUT2D eigenvalue weighted by Gasteiger charge is -2.23. The second-order valence-electron chi connectivity index (χ2n) is 5.54. The van der Waals surface area contributed by atoms with Gasteiger partial charge in [-0.05, 0) is 28.7 Å². The Hall–Kier alpha value is -1.72. The van der Waals surface area contributed by atoms with E-state index in [2.05, 4.69) is 55.1 Å². The molecule has 2 heteroatoms. The molecule has 0 bridgehead atoms. The molecule has 2 aromatic rings. The van der Waals surface area contributed by atoms with E-state index in [-0.39, 0.29) is 0 Å². The first-order valence-corrected chi connectivity index (χ1v) is 7.91. The van der Waals surface area contributed by atoms with E-state index >= 15 is 0 Å². The van der Waals surface area contributed by atoms with Gasteiger partial charge in [-0.25, -0.2) is 4.85 Å². The van der Waals surface area contributed by atoms with E-state index < -0.39 is 0 Å². The van der Waals surface area contributed by atoms with Gasteiger partial charge in [-0.3, -0.25) is 0 Å². The normalized spacial score (nSPS) is 17.0. The van der Waals surface area contributed by atoms with Crippen molar-refractivity contribution in [2.45, 2.75) is 30.4 Å². The average molecular weight is 279 g/mol. The van der Waals surface area contributed by atoms with Crippen LogP contribution < -0.4 is 0 Å². The Balaban J connectivity index is 2.20. The number of thioether (sulfide) groups is 1. The zero-order valence-electron chi connectivity index (χ0n) is 11.8. The van der Waals surface area contributed by atoms with Crippen molar-refractivity contribution < 1.29 is 0 Å². The van der Waals surface area contributed by atoms with Crippen molar-refractivity contribution in [3.8, 4) is 0 Å². The smallest absolute Gasteiger partial charge is 0.187 e. The molecule has 0 aromatic heterocycles. The molecule has 0 N–H and O–H groups in total.